The molecule has 0 radical (unpaired) electrons. The quantitative estimate of drug-likeness (QED) is 0.656. The Balaban J connectivity index is 1.68. The molecular weight excluding hydrogens is 424 g/mol. The molecule has 34 heavy (non-hydrogen) atoms. The van der Waals surface area contributed by atoms with E-state index < -0.39 is 0 Å². The lowest BCUT2D eigenvalue weighted by Gasteiger charge is -2.38. The number of aryl methyl sites for hydroxylation is 2. The van der Waals surface area contributed by atoms with E-state index in [1.807, 2.05) is 19.1 Å². The largest absolute Gasteiger partial charge is 0.481 e. The van der Waals surface area contributed by atoms with Crippen LogP contribution in [0.1, 0.15) is 71.8 Å². The summed E-state index contributed by atoms with van der Waals surface area (Å²) in [6, 6.07) is 9.03. The standard InChI is InChI=1S/C28H38N4O2/c1-4-32(22-15-13-21(29)14-16-22)26-12-8-11-24-23(26)10-7-5-6-9-20-17-19(2)31-28(34-3)25(20)18-30-27(24)33/h5,7-8,11-12,17,21-22H,4,6,9-10,13-16,18,29H2,1-3H3,(H,30,33)/b7-5+/t21-,22+. The summed E-state index contributed by atoms with van der Waals surface area (Å²) in [6.45, 7) is 5.50. The van der Waals surface area contributed by atoms with Crippen LogP contribution < -0.4 is 20.7 Å². The maximum atomic E-state index is 13.4. The first-order chi connectivity index (χ1) is 16.5. The number of anilines is 1. The van der Waals surface area contributed by atoms with Crippen molar-refractivity contribution in [2.75, 3.05) is 18.6 Å². The maximum absolute atomic E-state index is 13.4. The van der Waals surface area contributed by atoms with Crippen molar-refractivity contribution in [2.45, 2.75) is 77.4 Å². The van der Waals surface area contributed by atoms with E-state index in [4.69, 9.17) is 10.5 Å². The summed E-state index contributed by atoms with van der Waals surface area (Å²) < 4.78 is 5.57. The zero-order valence-corrected chi connectivity index (χ0v) is 20.8. The number of nitrogens with two attached hydrogens (primary N) is 1. The van der Waals surface area contributed by atoms with Crippen LogP contribution in [0, 0.1) is 6.92 Å². The molecule has 182 valence electrons. The second-order valence-electron chi connectivity index (χ2n) is 9.47. The maximum Gasteiger partial charge on any atom is 0.251 e. The van der Waals surface area contributed by atoms with Gasteiger partial charge in [-0.25, -0.2) is 4.98 Å². The third-order valence-electron chi connectivity index (χ3n) is 7.22. The Morgan fingerprint density at radius 2 is 1.97 bits per heavy atom. The molecule has 2 aromatic rings. The highest BCUT2D eigenvalue weighted by Gasteiger charge is 2.26. The van der Waals surface area contributed by atoms with E-state index in [-0.39, 0.29) is 5.91 Å². The van der Waals surface area contributed by atoms with Gasteiger partial charge in [0, 0.05) is 47.7 Å². The van der Waals surface area contributed by atoms with Crippen LogP contribution in [0.3, 0.4) is 0 Å². The molecule has 4 rings (SSSR count). The number of aromatic nitrogens is 1. The van der Waals surface area contributed by atoms with Crippen molar-refractivity contribution in [3.8, 4) is 5.88 Å². The van der Waals surface area contributed by atoms with Gasteiger partial charge in [-0.05, 0) is 88.1 Å². The number of pyridine rings is 1. The molecule has 1 aliphatic carbocycles. The SMILES string of the molecule is CCN(c1cccc2c1C/C=C/CCc1cc(C)nc(OC)c1CNC2=O)[C@H]1CC[C@@H](N)CC1. The molecule has 1 fully saturated rings. The van der Waals surface area contributed by atoms with Gasteiger partial charge in [0.05, 0.1) is 7.11 Å². The zero-order chi connectivity index (χ0) is 24.1. The Morgan fingerprint density at radius 3 is 2.71 bits per heavy atom. The summed E-state index contributed by atoms with van der Waals surface area (Å²) >= 11 is 0. The predicted molar refractivity (Wildman–Crippen MR) is 138 cm³/mol. The van der Waals surface area contributed by atoms with Crippen LogP contribution in [0.5, 0.6) is 5.88 Å². The average molecular weight is 463 g/mol. The molecule has 1 aromatic carbocycles. The number of fused-ring (bicyclic) bond motifs is 2. The normalized spacial score (nSPS) is 21.8. The fraction of sp³-hybridized carbons (Fsp3) is 0.500. The Morgan fingerprint density at radius 1 is 1.18 bits per heavy atom. The van der Waals surface area contributed by atoms with Gasteiger partial charge < -0.3 is 20.7 Å². The summed E-state index contributed by atoms with van der Waals surface area (Å²) in [5.74, 6) is 0.541. The van der Waals surface area contributed by atoms with E-state index in [1.165, 1.54) is 11.3 Å². The molecular formula is C28H38N4O2. The van der Waals surface area contributed by atoms with Gasteiger partial charge in [-0.3, -0.25) is 4.79 Å². The van der Waals surface area contributed by atoms with Crippen LogP contribution in [0.25, 0.3) is 0 Å². The molecule has 0 saturated heterocycles. The number of ether oxygens (including phenoxy) is 1. The van der Waals surface area contributed by atoms with Gasteiger partial charge in [0.1, 0.15) is 0 Å². The summed E-state index contributed by atoms with van der Waals surface area (Å²) in [6.07, 6.45) is 11.3. The summed E-state index contributed by atoms with van der Waals surface area (Å²) in [5.41, 5.74) is 12.3. The van der Waals surface area contributed by atoms with Crippen LogP contribution in [0.4, 0.5) is 5.69 Å². The first-order valence-electron chi connectivity index (χ1n) is 12.6. The minimum atomic E-state index is -0.0545. The zero-order valence-electron chi connectivity index (χ0n) is 20.8. The third kappa shape index (κ3) is 5.27. The van der Waals surface area contributed by atoms with Crippen LogP contribution in [-0.2, 0) is 19.4 Å². The average Bonchev–Trinajstić information content (AvgIpc) is 2.84. The van der Waals surface area contributed by atoms with Crippen molar-refractivity contribution in [1.82, 2.24) is 10.3 Å². The number of carbonyl (C=O) groups excluding carboxylic acids is 1. The van der Waals surface area contributed by atoms with E-state index in [0.717, 1.165) is 73.9 Å². The minimum absolute atomic E-state index is 0.0545. The minimum Gasteiger partial charge on any atom is -0.481 e. The Bertz CT molecular complexity index is 1040. The molecule has 1 amide bonds. The summed E-state index contributed by atoms with van der Waals surface area (Å²) in [4.78, 5) is 20.5. The Kier molecular flexibility index (Phi) is 7.88. The van der Waals surface area contributed by atoms with Crippen molar-refractivity contribution in [3.05, 3.63) is 64.4 Å². The van der Waals surface area contributed by atoms with Gasteiger partial charge in [0.2, 0.25) is 5.88 Å². The fourth-order valence-corrected chi connectivity index (χ4v) is 5.45. The van der Waals surface area contributed by atoms with Crippen molar-refractivity contribution >= 4 is 11.6 Å². The summed E-state index contributed by atoms with van der Waals surface area (Å²) in [7, 11) is 1.64. The first-order valence-corrected chi connectivity index (χ1v) is 12.6. The molecule has 0 atom stereocenters. The molecule has 0 unspecified atom stereocenters. The predicted octanol–water partition coefficient (Wildman–Crippen LogP) is 4.47. The molecule has 0 bridgehead atoms. The number of nitrogens with one attached hydrogen (secondary N) is 1. The van der Waals surface area contributed by atoms with Crippen molar-refractivity contribution in [3.63, 3.8) is 0 Å². The van der Waals surface area contributed by atoms with Crippen LogP contribution in [0.2, 0.25) is 0 Å². The Labute approximate surface area is 203 Å². The van der Waals surface area contributed by atoms with E-state index >= 15 is 0 Å². The van der Waals surface area contributed by atoms with Crippen molar-refractivity contribution in [2.24, 2.45) is 5.73 Å². The molecule has 1 aliphatic heterocycles. The number of rotatable bonds is 4. The number of amides is 1. The van der Waals surface area contributed by atoms with Crippen LogP contribution in [-0.4, -0.2) is 36.6 Å². The van der Waals surface area contributed by atoms with E-state index in [0.29, 0.717) is 24.5 Å². The number of hydrogen-bond acceptors (Lipinski definition) is 5. The first kappa shape index (κ1) is 24.3. The molecule has 2 aliphatic rings. The lowest BCUT2D eigenvalue weighted by Crippen LogP contribution is -2.41. The molecule has 1 saturated carbocycles. The van der Waals surface area contributed by atoms with E-state index in [2.05, 4.69) is 46.4 Å². The van der Waals surface area contributed by atoms with Gasteiger partial charge in [0.15, 0.2) is 0 Å². The van der Waals surface area contributed by atoms with Crippen LogP contribution in [0.15, 0.2) is 36.4 Å². The molecule has 2 heterocycles. The molecule has 6 nitrogen and oxygen atoms in total. The van der Waals surface area contributed by atoms with E-state index in [1.54, 1.807) is 7.11 Å². The van der Waals surface area contributed by atoms with Gasteiger partial charge in [-0.1, -0.05) is 18.2 Å². The number of hydrogen-bond donors (Lipinski definition) is 2. The third-order valence-corrected chi connectivity index (χ3v) is 7.22. The van der Waals surface area contributed by atoms with Gasteiger partial charge in [-0.15, -0.1) is 0 Å². The number of allylic oxidation sites excluding steroid dienone is 2. The number of benzene rings is 1. The second kappa shape index (κ2) is 11.0. The highest BCUT2D eigenvalue weighted by atomic mass is 16.5. The monoisotopic (exact) mass is 462 g/mol. The molecule has 3 N–H and O–H groups in total. The van der Waals surface area contributed by atoms with E-state index in [9.17, 15) is 4.79 Å². The van der Waals surface area contributed by atoms with Crippen molar-refractivity contribution in [1.29, 1.82) is 0 Å². The smallest absolute Gasteiger partial charge is 0.251 e. The highest BCUT2D eigenvalue weighted by Crippen LogP contribution is 2.32. The molecule has 6 heteroatoms. The fourth-order valence-electron chi connectivity index (χ4n) is 5.45. The van der Waals surface area contributed by atoms with Gasteiger partial charge >= 0.3 is 0 Å². The molecule has 1 aromatic heterocycles. The summed E-state index contributed by atoms with van der Waals surface area (Å²) in [5, 5.41) is 3.16. The topological polar surface area (TPSA) is 80.5 Å². The number of nitrogens with zero attached hydrogens (tertiary/aromatic N) is 2. The van der Waals surface area contributed by atoms with Gasteiger partial charge in [0.25, 0.3) is 5.91 Å². The van der Waals surface area contributed by atoms with Crippen molar-refractivity contribution < 1.29 is 9.53 Å². The lowest BCUT2D eigenvalue weighted by atomic mass is 9.89. The second-order valence-corrected chi connectivity index (χ2v) is 9.47. The highest BCUT2D eigenvalue weighted by molar-refractivity contribution is 5.97. The Hall–Kier alpha value is -2.86. The lowest BCUT2D eigenvalue weighted by molar-refractivity contribution is 0.0949. The number of methoxy groups -OCH3 is 1. The van der Waals surface area contributed by atoms with Crippen LogP contribution >= 0.6 is 0 Å². The molecule has 0 spiro atoms. The number of carbonyl (C=O) groups is 1. The van der Waals surface area contributed by atoms with Gasteiger partial charge in [-0.2, -0.15) is 0 Å².